The van der Waals surface area contributed by atoms with Gasteiger partial charge in [0.25, 0.3) is 0 Å². The van der Waals surface area contributed by atoms with Crippen LogP contribution in [0.3, 0.4) is 0 Å². The summed E-state index contributed by atoms with van der Waals surface area (Å²) in [4.78, 5) is 7.63. The number of hydrogen-bond acceptors (Lipinski definition) is 4. The topological polar surface area (TPSA) is 19.0 Å². The second-order valence-electron chi connectivity index (χ2n) is 7.86. The van der Waals surface area contributed by atoms with E-state index in [0.717, 1.165) is 38.5 Å². The quantitative estimate of drug-likeness (QED) is 0.824. The van der Waals surface area contributed by atoms with Crippen molar-refractivity contribution in [3.8, 4) is 5.75 Å². The van der Waals surface area contributed by atoms with Crippen molar-refractivity contribution in [2.45, 2.75) is 18.5 Å². The van der Waals surface area contributed by atoms with Crippen LogP contribution in [0.5, 0.6) is 5.75 Å². The molecule has 3 aliphatic rings. The standard InChI is InChI=1S/C22H26FN3O/c1-24-10-9-20-22-18(3-2-4-19(22)24)21-15-25(11-12-26(20)21)13-14-27-17-7-5-16(23)6-8-17/h2-8,20-21H,9-15H2,1H3. The highest BCUT2D eigenvalue weighted by atomic mass is 19.1. The molecule has 27 heavy (non-hydrogen) atoms. The van der Waals surface area contributed by atoms with E-state index in [-0.39, 0.29) is 5.82 Å². The Morgan fingerprint density at radius 2 is 1.89 bits per heavy atom. The second kappa shape index (κ2) is 6.80. The Labute approximate surface area is 160 Å². The molecular formula is C22H26FN3O. The van der Waals surface area contributed by atoms with E-state index in [9.17, 15) is 4.39 Å². The molecule has 0 bridgehead atoms. The first-order chi connectivity index (χ1) is 13.2. The predicted molar refractivity (Wildman–Crippen MR) is 105 cm³/mol. The molecule has 3 aliphatic heterocycles. The summed E-state index contributed by atoms with van der Waals surface area (Å²) in [5.41, 5.74) is 4.51. The smallest absolute Gasteiger partial charge is 0.123 e. The molecule has 0 N–H and O–H groups in total. The van der Waals surface area contributed by atoms with Gasteiger partial charge in [-0.2, -0.15) is 0 Å². The maximum Gasteiger partial charge on any atom is 0.123 e. The molecule has 2 atom stereocenters. The van der Waals surface area contributed by atoms with Crippen molar-refractivity contribution in [2.24, 2.45) is 0 Å². The molecule has 2 unspecified atom stereocenters. The Balaban J connectivity index is 1.26. The summed E-state index contributed by atoms with van der Waals surface area (Å²) in [7, 11) is 2.21. The third-order valence-electron chi connectivity index (χ3n) is 6.35. The van der Waals surface area contributed by atoms with Gasteiger partial charge >= 0.3 is 0 Å². The second-order valence-corrected chi connectivity index (χ2v) is 7.86. The molecule has 5 rings (SSSR count). The number of benzene rings is 2. The van der Waals surface area contributed by atoms with Gasteiger partial charge < -0.3 is 9.64 Å². The minimum absolute atomic E-state index is 0.227. The third kappa shape index (κ3) is 2.99. The van der Waals surface area contributed by atoms with Gasteiger partial charge in [-0.05, 0) is 47.9 Å². The van der Waals surface area contributed by atoms with E-state index in [2.05, 4.69) is 39.9 Å². The zero-order chi connectivity index (χ0) is 18.4. The number of halogens is 1. The molecule has 0 aromatic heterocycles. The van der Waals surface area contributed by atoms with E-state index in [0.29, 0.717) is 18.7 Å². The van der Waals surface area contributed by atoms with E-state index in [1.165, 1.54) is 29.8 Å². The predicted octanol–water partition coefficient (Wildman–Crippen LogP) is 3.46. The van der Waals surface area contributed by atoms with Crippen LogP contribution in [0.25, 0.3) is 0 Å². The monoisotopic (exact) mass is 367 g/mol. The SMILES string of the molecule is CN1CCC2c3c(cccc31)C1CN(CCOc3ccc(F)cc3)CCN12. The maximum absolute atomic E-state index is 13.0. The van der Waals surface area contributed by atoms with Crippen molar-refractivity contribution < 1.29 is 9.13 Å². The molecule has 2 aromatic carbocycles. The third-order valence-corrected chi connectivity index (χ3v) is 6.35. The molecule has 0 spiro atoms. The fourth-order valence-electron chi connectivity index (χ4n) is 5.00. The molecule has 1 fully saturated rings. The number of nitrogens with zero attached hydrogens (tertiary/aromatic N) is 3. The van der Waals surface area contributed by atoms with E-state index < -0.39 is 0 Å². The first kappa shape index (κ1) is 17.0. The molecular weight excluding hydrogens is 341 g/mol. The Kier molecular flexibility index (Phi) is 4.29. The Morgan fingerprint density at radius 3 is 2.74 bits per heavy atom. The van der Waals surface area contributed by atoms with Gasteiger partial charge in [-0.15, -0.1) is 0 Å². The van der Waals surface area contributed by atoms with E-state index in [1.54, 1.807) is 17.7 Å². The molecule has 0 amide bonds. The van der Waals surface area contributed by atoms with Gasteiger partial charge in [-0.3, -0.25) is 9.80 Å². The summed E-state index contributed by atoms with van der Waals surface area (Å²) in [6.45, 7) is 5.93. The maximum atomic E-state index is 13.0. The molecule has 2 aromatic rings. The molecule has 0 aliphatic carbocycles. The summed E-state index contributed by atoms with van der Waals surface area (Å²) in [6, 6.07) is 14.2. The van der Waals surface area contributed by atoms with E-state index in [1.807, 2.05) is 0 Å². The minimum atomic E-state index is -0.227. The van der Waals surface area contributed by atoms with Crippen LogP contribution in [0, 0.1) is 5.82 Å². The number of piperazine rings is 1. The molecule has 142 valence electrons. The molecule has 1 saturated heterocycles. The van der Waals surface area contributed by atoms with Crippen LogP contribution < -0.4 is 9.64 Å². The van der Waals surface area contributed by atoms with Gasteiger partial charge in [-0.1, -0.05) is 12.1 Å². The zero-order valence-corrected chi connectivity index (χ0v) is 15.8. The van der Waals surface area contributed by atoms with Crippen LogP contribution in [-0.2, 0) is 0 Å². The lowest BCUT2D eigenvalue weighted by atomic mass is 9.94. The summed E-state index contributed by atoms with van der Waals surface area (Å²) in [5, 5.41) is 0. The van der Waals surface area contributed by atoms with Crippen LogP contribution in [0.15, 0.2) is 42.5 Å². The van der Waals surface area contributed by atoms with Gasteiger partial charge in [0.05, 0.1) is 0 Å². The van der Waals surface area contributed by atoms with E-state index in [4.69, 9.17) is 4.74 Å². The number of ether oxygens (including phenoxy) is 1. The first-order valence-electron chi connectivity index (χ1n) is 9.91. The highest BCUT2D eigenvalue weighted by Gasteiger charge is 2.44. The molecule has 5 heteroatoms. The van der Waals surface area contributed by atoms with Gasteiger partial charge in [0, 0.05) is 57.5 Å². The number of anilines is 1. The van der Waals surface area contributed by atoms with Crippen molar-refractivity contribution >= 4 is 5.69 Å². The summed E-state index contributed by atoms with van der Waals surface area (Å²) >= 11 is 0. The minimum Gasteiger partial charge on any atom is -0.492 e. The summed E-state index contributed by atoms with van der Waals surface area (Å²) in [5.74, 6) is 0.509. The van der Waals surface area contributed by atoms with Crippen LogP contribution in [0.2, 0.25) is 0 Å². The van der Waals surface area contributed by atoms with Crippen LogP contribution in [0.1, 0.15) is 29.6 Å². The molecule has 4 nitrogen and oxygen atoms in total. The van der Waals surface area contributed by atoms with Crippen molar-refractivity contribution in [3.05, 3.63) is 59.4 Å². The Hall–Kier alpha value is -2.11. The largest absolute Gasteiger partial charge is 0.492 e. The normalized spacial score (nSPS) is 24.6. The first-order valence-corrected chi connectivity index (χ1v) is 9.91. The van der Waals surface area contributed by atoms with Crippen LogP contribution in [-0.4, -0.2) is 56.2 Å². The molecule has 3 heterocycles. The van der Waals surface area contributed by atoms with Crippen molar-refractivity contribution in [3.63, 3.8) is 0 Å². The van der Waals surface area contributed by atoms with Crippen molar-refractivity contribution in [2.75, 3.05) is 51.3 Å². The molecule has 0 saturated carbocycles. The average molecular weight is 367 g/mol. The molecule has 0 radical (unpaired) electrons. The lowest BCUT2D eigenvalue weighted by Crippen LogP contribution is -2.48. The van der Waals surface area contributed by atoms with Crippen molar-refractivity contribution in [1.29, 1.82) is 0 Å². The number of hydrogen-bond donors (Lipinski definition) is 0. The lowest BCUT2D eigenvalue weighted by molar-refractivity contribution is 0.0476. The number of fused-ring (bicyclic) bond motifs is 3. The van der Waals surface area contributed by atoms with Crippen LogP contribution >= 0.6 is 0 Å². The highest BCUT2D eigenvalue weighted by Crippen LogP contribution is 2.50. The van der Waals surface area contributed by atoms with Gasteiger partial charge in [0.2, 0.25) is 0 Å². The van der Waals surface area contributed by atoms with Gasteiger partial charge in [0.1, 0.15) is 18.2 Å². The zero-order valence-electron chi connectivity index (χ0n) is 15.8. The van der Waals surface area contributed by atoms with Gasteiger partial charge in [0.15, 0.2) is 0 Å². The summed E-state index contributed by atoms with van der Waals surface area (Å²) in [6.07, 6.45) is 1.23. The Bertz CT molecular complexity index is 825. The van der Waals surface area contributed by atoms with Crippen molar-refractivity contribution in [1.82, 2.24) is 9.80 Å². The van der Waals surface area contributed by atoms with Gasteiger partial charge in [-0.25, -0.2) is 4.39 Å². The highest BCUT2D eigenvalue weighted by molar-refractivity contribution is 5.62. The average Bonchev–Trinajstić information content (AvgIpc) is 3.01. The van der Waals surface area contributed by atoms with E-state index >= 15 is 0 Å². The Morgan fingerprint density at radius 1 is 1.04 bits per heavy atom. The fourth-order valence-corrected chi connectivity index (χ4v) is 5.00. The lowest BCUT2D eigenvalue weighted by Gasteiger charge is -2.41. The fraction of sp³-hybridized carbons (Fsp3) is 0.455. The number of rotatable bonds is 4. The summed E-state index contributed by atoms with van der Waals surface area (Å²) < 4.78 is 18.8. The van der Waals surface area contributed by atoms with Crippen LogP contribution in [0.4, 0.5) is 10.1 Å².